The highest BCUT2D eigenvalue weighted by Gasteiger charge is 2.11. The molecular formula is C17H18BrCl. The van der Waals surface area contributed by atoms with Crippen LogP contribution in [0.5, 0.6) is 0 Å². The lowest BCUT2D eigenvalue weighted by Crippen LogP contribution is -2.11. The van der Waals surface area contributed by atoms with Crippen LogP contribution in [0.15, 0.2) is 53.0 Å². The average molecular weight is 338 g/mol. The van der Waals surface area contributed by atoms with Gasteiger partial charge in [0.1, 0.15) is 0 Å². The van der Waals surface area contributed by atoms with Gasteiger partial charge in [-0.25, -0.2) is 0 Å². The maximum atomic E-state index is 6.14. The summed E-state index contributed by atoms with van der Waals surface area (Å²) in [7, 11) is 0. The van der Waals surface area contributed by atoms with E-state index in [9.17, 15) is 0 Å². The van der Waals surface area contributed by atoms with Crippen LogP contribution in [0.2, 0.25) is 0 Å². The summed E-state index contributed by atoms with van der Waals surface area (Å²) < 4.78 is 1.12. The molecule has 0 radical (unpaired) electrons. The normalized spacial score (nSPS) is 12.4. The van der Waals surface area contributed by atoms with Crippen molar-refractivity contribution >= 4 is 27.5 Å². The molecule has 2 rings (SSSR count). The molecule has 0 heterocycles. The Labute approximate surface area is 128 Å². The van der Waals surface area contributed by atoms with Gasteiger partial charge in [-0.05, 0) is 54.5 Å². The van der Waals surface area contributed by atoms with Crippen molar-refractivity contribution in [3.63, 3.8) is 0 Å². The van der Waals surface area contributed by atoms with Crippen LogP contribution >= 0.6 is 27.5 Å². The van der Waals surface area contributed by atoms with Gasteiger partial charge < -0.3 is 0 Å². The van der Waals surface area contributed by atoms with E-state index >= 15 is 0 Å². The van der Waals surface area contributed by atoms with Crippen molar-refractivity contribution < 1.29 is 0 Å². The summed E-state index contributed by atoms with van der Waals surface area (Å²) in [6.07, 6.45) is 2.08. The van der Waals surface area contributed by atoms with Crippen molar-refractivity contribution in [1.29, 1.82) is 0 Å². The van der Waals surface area contributed by atoms with E-state index in [1.807, 2.05) is 0 Å². The summed E-state index contributed by atoms with van der Waals surface area (Å²) in [5, 5.41) is 0. The topological polar surface area (TPSA) is 0 Å². The first kappa shape index (κ1) is 14.6. The van der Waals surface area contributed by atoms with Crippen molar-refractivity contribution in [2.45, 2.75) is 19.8 Å². The van der Waals surface area contributed by atoms with Crippen LogP contribution in [0, 0.1) is 12.8 Å². The van der Waals surface area contributed by atoms with Crippen molar-refractivity contribution in [1.82, 2.24) is 0 Å². The molecule has 0 aromatic heterocycles. The molecule has 0 amide bonds. The van der Waals surface area contributed by atoms with Crippen LogP contribution in [0.4, 0.5) is 0 Å². The molecule has 0 N–H and O–H groups in total. The minimum Gasteiger partial charge on any atom is -0.126 e. The zero-order chi connectivity index (χ0) is 13.7. The van der Waals surface area contributed by atoms with Gasteiger partial charge in [0.15, 0.2) is 0 Å². The first-order valence-corrected chi connectivity index (χ1v) is 7.86. The van der Waals surface area contributed by atoms with Gasteiger partial charge in [-0.2, -0.15) is 0 Å². The van der Waals surface area contributed by atoms with Gasteiger partial charge in [-0.1, -0.05) is 52.3 Å². The van der Waals surface area contributed by atoms with Crippen LogP contribution < -0.4 is 0 Å². The molecule has 0 aliphatic carbocycles. The predicted octanol–water partition coefficient (Wildman–Crippen LogP) is 5.40. The number of aryl methyl sites for hydroxylation is 1. The molecule has 0 nitrogen and oxygen atoms in total. The van der Waals surface area contributed by atoms with E-state index in [-0.39, 0.29) is 0 Å². The fourth-order valence-corrected chi connectivity index (χ4v) is 2.77. The first-order chi connectivity index (χ1) is 9.19. The molecule has 1 atom stereocenters. The summed E-state index contributed by atoms with van der Waals surface area (Å²) >= 11 is 9.61. The third kappa shape index (κ3) is 4.36. The van der Waals surface area contributed by atoms with Crippen LogP contribution in [-0.4, -0.2) is 5.88 Å². The zero-order valence-corrected chi connectivity index (χ0v) is 13.4. The Hall–Kier alpha value is -0.790. The van der Waals surface area contributed by atoms with Gasteiger partial charge in [0, 0.05) is 10.4 Å². The lowest BCUT2D eigenvalue weighted by molar-refractivity contribution is 0.582. The maximum Gasteiger partial charge on any atom is 0.0258 e. The second kappa shape index (κ2) is 7.12. The third-order valence-electron chi connectivity index (χ3n) is 3.43. The summed E-state index contributed by atoms with van der Waals surface area (Å²) in [6.45, 7) is 2.17. The van der Waals surface area contributed by atoms with Crippen molar-refractivity contribution in [2.24, 2.45) is 5.92 Å². The molecule has 2 aromatic carbocycles. The second-order valence-corrected chi connectivity index (χ2v) is 6.21. The highest BCUT2D eigenvalue weighted by molar-refractivity contribution is 9.10. The Balaban J connectivity index is 2.05. The molecule has 1 unspecified atom stereocenters. The van der Waals surface area contributed by atoms with Gasteiger partial charge in [0.05, 0.1) is 0 Å². The average Bonchev–Trinajstić information content (AvgIpc) is 2.43. The lowest BCUT2D eigenvalue weighted by atomic mass is 9.92. The number of alkyl halides is 1. The Morgan fingerprint density at radius 2 is 1.68 bits per heavy atom. The summed E-state index contributed by atoms with van der Waals surface area (Å²) in [5.74, 6) is 1.19. The number of hydrogen-bond donors (Lipinski definition) is 0. The Morgan fingerprint density at radius 1 is 1.00 bits per heavy atom. The van der Waals surface area contributed by atoms with E-state index in [2.05, 4.69) is 71.4 Å². The van der Waals surface area contributed by atoms with Crippen LogP contribution in [0.1, 0.15) is 16.7 Å². The zero-order valence-electron chi connectivity index (χ0n) is 11.1. The SMILES string of the molecule is Cc1ccccc1CC(CCl)Cc1ccc(Br)cc1. The molecule has 2 aromatic rings. The minimum absolute atomic E-state index is 0.490. The highest BCUT2D eigenvalue weighted by Crippen LogP contribution is 2.20. The fourth-order valence-electron chi connectivity index (χ4n) is 2.29. The van der Waals surface area contributed by atoms with Gasteiger partial charge in [0.2, 0.25) is 0 Å². The maximum absolute atomic E-state index is 6.14. The standard InChI is InChI=1S/C17H18BrCl/c1-13-4-2-3-5-16(13)11-15(12-19)10-14-6-8-17(18)9-7-14/h2-9,15H,10-12H2,1H3. The van der Waals surface area contributed by atoms with E-state index in [0.717, 1.165) is 17.3 Å². The van der Waals surface area contributed by atoms with Gasteiger partial charge in [-0.3, -0.25) is 0 Å². The molecule has 0 bridgehead atoms. The van der Waals surface area contributed by atoms with Crippen LogP contribution in [-0.2, 0) is 12.8 Å². The molecule has 0 aliphatic rings. The molecular weight excluding hydrogens is 320 g/mol. The lowest BCUT2D eigenvalue weighted by Gasteiger charge is -2.15. The quantitative estimate of drug-likeness (QED) is 0.641. The number of halogens is 2. The molecule has 19 heavy (non-hydrogen) atoms. The van der Waals surface area contributed by atoms with Crippen molar-refractivity contribution in [2.75, 3.05) is 5.88 Å². The first-order valence-electron chi connectivity index (χ1n) is 6.54. The van der Waals surface area contributed by atoms with Crippen LogP contribution in [0.3, 0.4) is 0 Å². The van der Waals surface area contributed by atoms with E-state index in [4.69, 9.17) is 11.6 Å². The summed E-state index contributed by atoms with van der Waals surface area (Å²) in [6, 6.07) is 17.1. The molecule has 0 fully saturated rings. The number of rotatable bonds is 5. The second-order valence-electron chi connectivity index (χ2n) is 4.98. The largest absolute Gasteiger partial charge is 0.126 e. The van der Waals surface area contributed by atoms with Gasteiger partial charge in [0.25, 0.3) is 0 Å². The van der Waals surface area contributed by atoms with Crippen molar-refractivity contribution in [3.8, 4) is 0 Å². The van der Waals surface area contributed by atoms with Gasteiger partial charge >= 0.3 is 0 Å². The molecule has 0 saturated carbocycles. The molecule has 0 saturated heterocycles. The molecule has 100 valence electrons. The highest BCUT2D eigenvalue weighted by atomic mass is 79.9. The van der Waals surface area contributed by atoms with Gasteiger partial charge in [-0.15, -0.1) is 11.6 Å². The number of hydrogen-bond acceptors (Lipinski definition) is 0. The summed E-state index contributed by atoms with van der Waals surface area (Å²) in [4.78, 5) is 0. The minimum atomic E-state index is 0.490. The fraction of sp³-hybridized carbons (Fsp3) is 0.294. The summed E-state index contributed by atoms with van der Waals surface area (Å²) in [5.41, 5.74) is 4.11. The van der Waals surface area contributed by atoms with Crippen molar-refractivity contribution in [3.05, 3.63) is 69.7 Å². The van der Waals surface area contributed by atoms with E-state index in [1.54, 1.807) is 0 Å². The predicted molar refractivity (Wildman–Crippen MR) is 86.9 cm³/mol. The Morgan fingerprint density at radius 3 is 2.32 bits per heavy atom. The Bertz CT molecular complexity index is 519. The molecule has 0 aliphatic heterocycles. The van der Waals surface area contributed by atoms with Crippen LogP contribution in [0.25, 0.3) is 0 Å². The molecule has 0 spiro atoms. The third-order valence-corrected chi connectivity index (χ3v) is 4.39. The van der Waals surface area contributed by atoms with E-state index < -0.39 is 0 Å². The molecule has 2 heteroatoms. The number of benzene rings is 2. The van der Waals surface area contributed by atoms with E-state index in [0.29, 0.717) is 11.8 Å². The monoisotopic (exact) mass is 336 g/mol. The van der Waals surface area contributed by atoms with E-state index in [1.165, 1.54) is 16.7 Å². The smallest absolute Gasteiger partial charge is 0.0258 e. The Kier molecular flexibility index (Phi) is 5.47.